The van der Waals surface area contributed by atoms with Gasteiger partial charge in [0.25, 0.3) is 11.5 Å². The second-order valence-corrected chi connectivity index (χ2v) is 13.1. The van der Waals surface area contributed by atoms with E-state index < -0.39 is 11.4 Å². The van der Waals surface area contributed by atoms with Gasteiger partial charge in [0.05, 0.1) is 4.47 Å². The fourth-order valence-corrected chi connectivity index (χ4v) is 6.06. The minimum absolute atomic E-state index is 0.0956. The predicted octanol–water partition coefficient (Wildman–Crippen LogP) is 5.95. The molecule has 1 aliphatic heterocycles. The predicted molar refractivity (Wildman–Crippen MR) is 156 cm³/mol. The standard InChI is InChI=1S/C30H40BrN3O6/c1-16-12-17(2)33-27(36)22(16)15-32-26(35)21-13-23(31)25-24(18(21)3)38-30(7,39-25)14-19-8-10-20(11-9-19)34-28(37)40-29(4,5)6/h12-13,19-20H,8-11,14-15H2,1-7H3,(H,32,35)(H,33,36)(H,34,37). The number of benzene rings is 1. The van der Waals surface area contributed by atoms with Crippen molar-refractivity contribution in [2.75, 3.05) is 0 Å². The van der Waals surface area contributed by atoms with Crippen LogP contribution in [0.15, 0.2) is 21.4 Å². The van der Waals surface area contributed by atoms with Crippen molar-refractivity contribution in [1.82, 2.24) is 15.6 Å². The van der Waals surface area contributed by atoms with Crippen molar-refractivity contribution in [3.63, 3.8) is 0 Å². The Bertz CT molecular complexity index is 1360. The molecule has 1 fully saturated rings. The molecule has 4 rings (SSSR count). The molecule has 0 saturated heterocycles. The molecule has 0 bridgehead atoms. The molecule has 0 spiro atoms. The molecule has 2 amide bonds. The van der Waals surface area contributed by atoms with E-state index in [1.165, 1.54) is 0 Å². The van der Waals surface area contributed by atoms with Gasteiger partial charge in [-0.05, 0) is 107 Å². The number of hydrogen-bond acceptors (Lipinski definition) is 6. The maximum atomic E-state index is 13.2. The maximum absolute atomic E-state index is 13.2. The van der Waals surface area contributed by atoms with Crippen molar-refractivity contribution < 1.29 is 23.8 Å². The lowest BCUT2D eigenvalue weighted by Crippen LogP contribution is -2.42. The highest BCUT2D eigenvalue weighted by molar-refractivity contribution is 9.10. The summed E-state index contributed by atoms with van der Waals surface area (Å²) in [4.78, 5) is 40.4. The number of rotatable bonds is 6. The number of aromatic nitrogens is 1. The lowest BCUT2D eigenvalue weighted by atomic mass is 9.82. The summed E-state index contributed by atoms with van der Waals surface area (Å²) in [5.74, 6) is 0.337. The van der Waals surface area contributed by atoms with Gasteiger partial charge in [0.2, 0.25) is 5.79 Å². The van der Waals surface area contributed by atoms with Crippen LogP contribution >= 0.6 is 15.9 Å². The molecule has 218 valence electrons. The Labute approximate surface area is 243 Å². The summed E-state index contributed by atoms with van der Waals surface area (Å²) < 4.78 is 18.7. The molecule has 1 aromatic carbocycles. The quantitative estimate of drug-likeness (QED) is 0.368. The molecule has 9 nitrogen and oxygen atoms in total. The first-order valence-corrected chi connectivity index (χ1v) is 14.6. The van der Waals surface area contributed by atoms with Crippen molar-refractivity contribution in [2.45, 2.75) is 105 Å². The lowest BCUT2D eigenvalue weighted by Gasteiger charge is -2.33. The first kappa shape index (κ1) is 30.0. The monoisotopic (exact) mass is 617 g/mol. The van der Waals surface area contributed by atoms with Crippen LogP contribution in [0, 0.1) is 26.7 Å². The van der Waals surface area contributed by atoms with E-state index in [9.17, 15) is 14.4 Å². The van der Waals surface area contributed by atoms with E-state index in [-0.39, 0.29) is 30.1 Å². The molecule has 10 heteroatoms. The number of carbonyl (C=O) groups is 2. The molecule has 1 unspecified atom stereocenters. The zero-order valence-corrected chi connectivity index (χ0v) is 26.0. The number of alkyl carbamates (subject to hydrolysis) is 1. The Morgan fingerprint density at radius 2 is 1.75 bits per heavy atom. The van der Waals surface area contributed by atoms with Crippen LogP contribution in [0.5, 0.6) is 11.5 Å². The van der Waals surface area contributed by atoms with Gasteiger partial charge in [0.15, 0.2) is 11.5 Å². The summed E-state index contributed by atoms with van der Waals surface area (Å²) in [6, 6.07) is 3.72. The molecule has 2 heterocycles. The third kappa shape index (κ3) is 7.00. The van der Waals surface area contributed by atoms with Crippen LogP contribution < -0.4 is 25.7 Å². The lowest BCUT2D eigenvalue weighted by molar-refractivity contribution is -0.0836. The number of aromatic amines is 1. The summed E-state index contributed by atoms with van der Waals surface area (Å²) in [6.45, 7) is 13.1. The van der Waals surface area contributed by atoms with Gasteiger partial charge in [-0.15, -0.1) is 0 Å². The number of amides is 2. The van der Waals surface area contributed by atoms with Gasteiger partial charge in [-0.3, -0.25) is 9.59 Å². The Hall–Kier alpha value is -3.01. The summed E-state index contributed by atoms with van der Waals surface area (Å²) in [6.07, 6.45) is 3.91. The Balaban J connectivity index is 1.38. The SMILES string of the molecule is Cc1cc(C)c(CNC(=O)c2cc(Br)c3c(c2C)OC(C)(CC2CCC(NC(=O)OC(C)(C)C)CC2)O3)c(=O)[nH]1. The second kappa shape index (κ2) is 11.5. The van der Waals surface area contributed by atoms with E-state index in [0.29, 0.717) is 45.0 Å². The van der Waals surface area contributed by atoms with Crippen molar-refractivity contribution in [1.29, 1.82) is 0 Å². The second-order valence-electron chi connectivity index (χ2n) is 12.2. The molecule has 40 heavy (non-hydrogen) atoms. The topological polar surface area (TPSA) is 119 Å². The van der Waals surface area contributed by atoms with Gasteiger partial charge >= 0.3 is 6.09 Å². The third-order valence-corrected chi connectivity index (χ3v) is 8.05. The van der Waals surface area contributed by atoms with Gasteiger partial charge in [0, 0.05) is 48.3 Å². The van der Waals surface area contributed by atoms with Crippen LogP contribution in [-0.4, -0.2) is 34.4 Å². The Kier molecular flexibility index (Phi) is 8.59. The van der Waals surface area contributed by atoms with Crippen LogP contribution in [0.4, 0.5) is 4.79 Å². The molecule has 1 aliphatic carbocycles. The maximum Gasteiger partial charge on any atom is 0.407 e. The first-order chi connectivity index (χ1) is 18.6. The average molecular weight is 619 g/mol. The number of pyridine rings is 1. The highest BCUT2D eigenvalue weighted by Crippen LogP contribution is 2.50. The molecule has 0 radical (unpaired) electrons. The van der Waals surface area contributed by atoms with E-state index in [1.54, 1.807) is 6.07 Å². The van der Waals surface area contributed by atoms with E-state index in [0.717, 1.165) is 36.9 Å². The zero-order valence-electron chi connectivity index (χ0n) is 24.4. The number of fused-ring (bicyclic) bond motifs is 1. The zero-order chi connectivity index (χ0) is 29.4. The number of hydrogen-bond donors (Lipinski definition) is 3. The molecule has 3 N–H and O–H groups in total. The van der Waals surface area contributed by atoms with Crippen LogP contribution in [0.3, 0.4) is 0 Å². The van der Waals surface area contributed by atoms with Crippen LogP contribution in [0.1, 0.15) is 92.5 Å². The number of H-pyrrole nitrogens is 1. The normalized spacial score (nSPS) is 22.1. The summed E-state index contributed by atoms with van der Waals surface area (Å²) >= 11 is 3.56. The Morgan fingerprint density at radius 3 is 2.38 bits per heavy atom. The van der Waals surface area contributed by atoms with Gasteiger partial charge in [-0.2, -0.15) is 0 Å². The molecular weight excluding hydrogens is 578 g/mol. The molecule has 1 saturated carbocycles. The summed E-state index contributed by atoms with van der Waals surface area (Å²) in [5, 5.41) is 5.86. The average Bonchev–Trinajstić information content (AvgIpc) is 3.18. The number of ether oxygens (including phenoxy) is 3. The minimum atomic E-state index is -0.868. The van der Waals surface area contributed by atoms with E-state index >= 15 is 0 Å². The fourth-order valence-electron chi connectivity index (χ4n) is 5.57. The Morgan fingerprint density at radius 1 is 1.10 bits per heavy atom. The van der Waals surface area contributed by atoms with Gasteiger partial charge < -0.3 is 29.8 Å². The molecule has 2 aromatic rings. The largest absolute Gasteiger partial charge is 0.448 e. The highest BCUT2D eigenvalue weighted by Gasteiger charge is 2.42. The van der Waals surface area contributed by atoms with Gasteiger partial charge in [0.1, 0.15) is 5.60 Å². The van der Waals surface area contributed by atoms with E-state index in [2.05, 4.69) is 31.5 Å². The smallest absolute Gasteiger partial charge is 0.407 e. The van der Waals surface area contributed by atoms with Crippen molar-refractivity contribution in [3.8, 4) is 11.5 Å². The van der Waals surface area contributed by atoms with Crippen molar-refractivity contribution in [2.24, 2.45) is 5.92 Å². The van der Waals surface area contributed by atoms with Gasteiger partial charge in [-0.1, -0.05) is 0 Å². The molecule has 1 atom stereocenters. The van der Waals surface area contributed by atoms with E-state index in [4.69, 9.17) is 14.2 Å². The third-order valence-electron chi connectivity index (χ3n) is 7.47. The first-order valence-electron chi connectivity index (χ1n) is 13.8. The van der Waals surface area contributed by atoms with Crippen molar-refractivity contribution in [3.05, 3.63) is 54.9 Å². The molecule has 2 aliphatic rings. The van der Waals surface area contributed by atoms with Gasteiger partial charge in [-0.25, -0.2) is 4.79 Å². The van der Waals surface area contributed by atoms with Crippen LogP contribution in [-0.2, 0) is 11.3 Å². The number of aryl methyl sites for hydroxylation is 2. The van der Waals surface area contributed by atoms with Crippen LogP contribution in [0.2, 0.25) is 0 Å². The summed E-state index contributed by atoms with van der Waals surface area (Å²) in [5.41, 5.74) is 2.55. The fraction of sp³-hybridized carbons (Fsp3) is 0.567. The molecular formula is C30H40BrN3O6. The van der Waals surface area contributed by atoms with Crippen molar-refractivity contribution >= 4 is 27.9 Å². The molecule has 1 aromatic heterocycles. The number of nitrogens with one attached hydrogen (secondary N) is 3. The number of carbonyl (C=O) groups excluding carboxylic acids is 2. The number of halogens is 1. The highest BCUT2D eigenvalue weighted by atomic mass is 79.9. The minimum Gasteiger partial charge on any atom is -0.448 e. The van der Waals surface area contributed by atoms with E-state index in [1.807, 2.05) is 54.5 Å². The van der Waals surface area contributed by atoms with Crippen LogP contribution in [0.25, 0.3) is 0 Å². The summed E-state index contributed by atoms with van der Waals surface area (Å²) in [7, 11) is 0.